The predicted octanol–water partition coefficient (Wildman–Crippen LogP) is 3.72. The van der Waals surface area contributed by atoms with Gasteiger partial charge in [0.15, 0.2) is 0 Å². The van der Waals surface area contributed by atoms with Crippen LogP contribution >= 0.6 is 0 Å². The third kappa shape index (κ3) is 6.66. The Balaban J connectivity index is 1.48. The van der Waals surface area contributed by atoms with E-state index in [1.807, 2.05) is 51.1 Å². The van der Waals surface area contributed by atoms with Crippen molar-refractivity contribution >= 4 is 17.3 Å². The molecule has 0 bridgehead atoms. The molecule has 1 amide bonds. The Morgan fingerprint density at radius 3 is 2.46 bits per heavy atom. The number of carbonyl (C=O) groups excluding carboxylic acids is 1. The molecule has 2 aromatic rings. The number of nitrogens with one attached hydrogen (secondary N) is 1. The Labute approximate surface area is 208 Å². The van der Waals surface area contributed by atoms with Gasteiger partial charge < -0.3 is 29.2 Å². The molecule has 8 heteroatoms. The highest BCUT2D eigenvalue weighted by atomic mass is 16.5. The van der Waals surface area contributed by atoms with Crippen molar-refractivity contribution in [3.8, 4) is 11.5 Å². The minimum atomic E-state index is -0.0894. The van der Waals surface area contributed by atoms with E-state index in [4.69, 9.17) is 18.9 Å². The number of amides is 1. The molecule has 8 nitrogen and oxygen atoms in total. The number of benzene rings is 2. The Hall–Kier alpha value is -2.81. The van der Waals surface area contributed by atoms with Crippen LogP contribution in [0.4, 0.5) is 11.4 Å². The molecular weight excluding hydrogens is 446 g/mol. The lowest BCUT2D eigenvalue weighted by Crippen LogP contribution is -2.46. The zero-order chi connectivity index (χ0) is 24.6. The monoisotopic (exact) mass is 483 g/mol. The van der Waals surface area contributed by atoms with Crippen molar-refractivity contribution in [3.63, 3.8) is 0 Å². The molecule has 0 aromatic heterocycles. The summed E-state index contributed by atoms with van der Waals surface area (Å²) < 4.78 is 23.5. The molecule has 0 radical (unpaired) electrons. The summed E-state index contributed by atoms with van der Waals surface area (Å²) >= 11 is 0. The summed E-state index contributed by atoms with van der Waals surface area (Å²) in [5.74, 6) is 1.29. The van der Waals surface area contributed by atoms with Crippen LogP contribution < -0.4 is 19.7 Å². The maximum atomic E-state index is 13.1. The molecule has 35 heavy (non-hydrogen) atoms. The molecule has 0 spiro atoms. The first-order chi connectivity index (χ1) is 17.1. The lowest BCUT2D eigenvalue weighted by Gasteiger charge is -2.36. The molecule has 0 aliphatic carbocycles. The number of anilines is 2. The molecule has 2 aromatic carbocycles. The molecule has 4 rings (SSSR count). The van der Waals surface area contributed by atoms with Gasteiger partial charge in [0.25, 0.3) is 0 Å². The van der Waals surface area contributed by atoms with Crippen LogP contribution in [0, 0.1) is 0 Å². The molecule has 2 fully saturated rings. The standard InChI is InChI=1S/C27H37N3O5/c1-4-33-24-16-23(30-11-13-32-14-12-30)25(34-5-2)15-22(24)28-27(31)19-29-17-20(3)35-26(18-29)21-9-7-6-8-10-21/h6-10,15-16,20,26H,4-5,11-14,17-19H2,1-3H3,(H,28,31). The fourth-order valence-electron chi connectivity index (χ4n) is 4.66. The van der Waals surface area contributed by atoms with Gasteiger partial charge in [-0.15, -0.1) is 0 Å². The molecule has 2 atom stereocenters. The third-order valence-electron chi connectivity index (χ3n) is 6.16. The van der Waals surface area contributed by atoms with E-state index in [2.05, 4.69) is 27.2 Å². The molecule has 2 heterocycles. The number of ether oxygens (including phenoxy) is 4. The van der Waals surface area contributed by atoms with E-state index < -0.39 is 0 Å². The van der Waals surface area contributed by atoms with Crippen LogP contribution in [0.2, 0.25) is 0 Å². The van der Waals surface area contributed by atoms with Gasteiger partial charge in [-0.3, -0.25) is 9.69 Å². The van der Waals surface area contributed by atoms with E-state index in [0.717, 1.165) is 30.1 Å². The van der Waals surface area contributed by atoms with Gasteiger partial charge in [-0.2, -0.15) is 0 Å². The van der Waals surface area contributed by atoms with Crippen LogP contribution in [0.1, 0.15) is 32.4 Å². The summed E-state index contributed by atoms with van der Waals surface area (Å²) in [4.78, 5) is 17.5. The molecule has 2 aliphatic rings. The first-order valence-corrected chi connectivity index (χ1v) is 12.6. The highest BCUT2D eigenvalue weighted by Gasteiger charge is 2.28. The van der Waals surface area contributed by atoms with Gasteiger partial charge in [-0.05, 0) is 26.3 Å². The summed E-state index contributed by atoms with van der Waals surface area (Å²) in [6.45, 7) is 11.6. The van der Waals surface area contributed by atoms with Gasteiger partial charge in [0.1, 0.15) is 11.5 Å². The Morgan fingerprint density at radius 1 is 1.03 bits per heavy atom. The molecule has 2 unspecified atom stereocenters. The molecule has 2 saturated heterocycles. The van der Waals surface area contributed by atoms with Crippen molar-refractivity contribution in [2.45, 2.75) is 33.0 Å². The van der Waals surface area contributed by atoms with Gasteiger partial charge >= 0.3 is 0 Å². The lowest BCUT2D eigenvalue weighted by atomic mass is 10.1. The number of hydrogen-bond donors (Lipinski definition) is 1. The normalized spacial score (nSPS) is 20.9. The summed E-state index contributed by atoms with van der Waals surface area (Å²) in [6, 6.07) is 14.0. The van der Waals surface area contributed by atoms with E-state index in [9.17, 15) is 4.79 Å². The highest BCUT2D eigenvalue weighted by molar-refractivity contribution is 5.94. The maximum Gasteiger partial charge on any atom is 0.238 e. The fraction of sp³-hybridized carbons (Fsp3) is 0.519. The molecule has 190 valence electrons. The number of hydrogen-bond acceptors (Lipinski definition) is 7. The minimum Gasteiger partial charge on any atom is -0.492 e. The van der Waals surface area contributed by atoms with Crippen molar-refractivity contribution in [1.29, 1.82) is 0 Å². The first-order valence-electron chi connectivity index (χ1n) is 12.6. The van der Waals surface area contributed by atoms with Gasteiger partial charge in [0.2, 0.25) is 5.91 Å². The Bertz CT molecular complexity index is 965. The van der Waals surface area contributed by atoms with Crippen molar-refractivity contribution < 1.29 is 23.7 Å². The maximum absolute atomic E-state index is 13.1. The summed E-state index contributed by atoms with van der Waals surface area (Å²) in [5.41, 5.74) is 2.71. The average molecular weight is 484 g/mol. The number of carbonyl (C=O) groups is 1. The van der Waals surface area contributed by atoms with E-state index in [-0.39, 0.29) is 24.7 Å². The van der Waals surface area contributed by atoms with Crippen LogP contribution in [0.3, 0.4) is 0 Å². The third-order valence-corrected chi connectivity index (χ3v) is 6.16. The minimum absolute atomic E-state index is 0.0399. The van der Waals surface area contributed by atoms with Gasteiger partial charge in [-0.1, -0.05) is 30.3 Å². The van der Waals surface area contributed by atoms with E-state index >= 15 is 0 Å². The second-order valence-corrected chi connectivity index (χ2v) is 8.87. The first kappa shape index (κ1) is 25.3. The SMILES string of the molecule is CCOc1cc(N2CCOCC2)c(OCC)cc1NC(=O)CN1CC(C)OC(c2ccccc2)C1. The van der Waals surface area contributed by atoms with Crippen molar-refractivity contribution in [1.82, 2.24) is 4.90 Å². The number of rotatable bonds is 9. The van der Waals surface area contributed by atoms with Crippen molar-refractivity contribution in [2.24, 2.45) is 0 Å². The van der Waals surface area contributed by atoms with Crippen LogP contribution in [-0.4, -0.2) is 76.1 Å². The molecule has 0 saturated carbocycles. The number of nitrogens with zero attached hydrogens (tertiary/aromatic N) is 2. The molecule has 1 N–H and O–H groups in total. The van der Waals surface area contributed by atoms with Crippen LogP contribution in [-0.2, 0) is 14.3 Å². The molecule has 2 aliphatic heterocycles. The van der Waals surface area contributed by atoms with Crippen LogP contribution in [0.25, 0.3) is 0 Å². The highest BCUT2D eigenvalue weighted by Crippen LogP contribution is 2.39. The second kappa shape index (κ2) is 12.2. The quantitative estimate of drug-likeness (QED) is 0.583. The Morgan fingerprint density at radius 2 is 1.74 bits per heavy atom. The van der Waals surface area contributed by atoms with E-state index in [1.165, 1.54) is 0 Å². The Kier molecular flexibility index (Phi) is 8.84. The van der Waals surface area contributed by atoms with E-state index in [1.54, 1.807) is 0 Å². The summed E-state index contributed by atoms with van der Waals surface area (Å²) in [7, 11) is 0. The lowest BCUT2D eigenvalue weighted by molar-refractivity contribution is -0.122. The summed E-state index contributed by atoms with van der Waals surface area (Å²) in [6.07, 6.45) is -0.0118. The average Bonchev–Trinajstić information content (AvgIpc) is 2.86. The largest absolute Gasteiger partial charge is 0.492 e. The van der Waals surface area contributed by atoms with Gasteiger partial charge in [-0.25, -0.2) is 0 Å². The fourth-order valence-corrected chi connectivity index (χ4v) is 4.66. The number of morpholine rings is 2. The van der Waals surface area contributed by atoms with Crippen molar-refractivity contribution in [2.75, 3.05) is 69.4 Å². The summed E-state index contributed by atoms with van der Waals surface area (Å²) in [5, 5.41) is 3.07. The van der Waals surface area contributed by atoms with Crippen LogP contribution in [0.15, 0.2) is 42.5 Å². The van der Waals surface area contributed by atoms with Gasteiger partial charge in [0, 0.05) is 38.3 Å². The second-order valence-electron chi connectivity index (χ2n) is 8.87. The zero-order valence-corrected chi connectivity index (χ0v) is 21.0. The molecular formula is C27H37N3O5. The van der Waals surface area contributed by atoms with E-state index in [0.29, 0.717) is 51.0 Å². The van der Waals surface area contributed by atoms with Gasteiger partial charge in [0.05, 0.1) is 56.6 Å². The van der Waals surface area contributed by atoms with Crippen molar-refractivity contribution in [3.05, 3.63) is 48.0 Å². The topological polar surface area (TPSA) is 72.5 Å². The zero-order valence-electron chi connectivity index (χ0n) is 21.0. The van der Waals surface area contributed by atoms with Crippen LogP contribution in [0.5, 0.6) is 11.5 Å². The smallest absolute Gasteiger partial charge is 0.238 e. The predicted molar refractivity (Wildman–Crippen MR) is 137 cm³/mol.